The van der Waals surface area contributed by atoms with Gasteiger partial charge >= 0.3 is 23.9 Å². The van der Waals surface area contributed by atoms with E-state index in [1.807, 2.05) is 13.8 Å². The van der Waals surface area contributed by atoms with Gasteiger partial charge in [0.1, 0.15) is 35.6 Å². The second-order valence-electron chi connectivity index (χ2n) is 15.4. The number of carbonyl (C=O) groups is 4. The van der Waals surface area contributed by atoms with Crippen molar-refractivity contribution < 1.29 is 61.9 Å². The zero-order valence-corrected chi connectivity index (χ0v) is 26.4. The van der Waals surface area contributed by atoms with Crippen molar-refractivity contribution in [2.45, 2.75) is 120 Å². The molecule has 0 radical (unpaired) electrons. The molecule has 8 aliphatic rings. The van der Waals surface area contributed by atoms with Crippen molar-refractivity contribution in [2.24, 2.45) is 28.1 Å². The average molecular weight is 643 g/mol. The second kappa shape index (κ2) is 8.16. The molecule has 13 nitrogen and oxygen atoms in total. The minimum Gasteiger partial charge on any atom is -0.472 e. The largest absolute Gasteiger partial charge is 0.472 e. The maximum Gasteiger partial charge on any atom is 0.306 e. The minimum atomic E-state index is -2.19. The van der Waals surface area contributed by atoms with Crippen molar-refractivity contribution in [3.63, 3.8) is 0 Å². The molecule has 3 spiro atoms. The Hall–Kier alpha value is -3.00. The predicted molar refractivity (Wildman–Crippen MR) is 148 cm³/mol. The lowest BCUT2D eigenvalue weighted by atomic mass is 9.33. The van der Waals surface area contributed by atoms with Gasteiger partial charge in [-0.1, -0.05) is 20.8 Å². The molecule has 4 bridgehead atoms. The van der Waals surface area contributed by atoms with E-state index < -0.39 is 98.6 Å². The maximum atomic E-state index is 13.7. The van der Waals surface area contributed by atoms with Crippen molar-refractivity contribution in [1.82, 2.24) is 0 Å². The highest BCUT2D eigenvalue weighted by molar-refractivity contribution is 5.75. The number of hydrogen-bond acceptors (Lipinski definition) is 13. The third-order valence-corrected chi connectivity index (χ3v) is 13.6. The Morgan fingerprint density at radius 1 is 0.957 bits per heavy atom. The fourth-order valence-corrected chi connectivity index (χ4v) is 12.6. The summed E-state index contributed by atoms with van der Waals surface area (Å²) in [5.41, 5.74) is -9.27. The molecule has 13 heteroatoms. The molecule has 13 atom stereocenters. The number of aliphatic hydroxyl groups is 1. The summed E-state index contributed by atoms with van der Waals surface area (Å²) in [6.07, 6.45) is 0.288. The number of cyclic esters (lactones) is 2. The molecule has 1 N–H and O–H groups in total. The molecule has 46 heavy (non-hydrogen) atoms. The molecule has 248 valence electrons. The summed E-state index contributed by atoms with van der Waals surface area (Å²) < 4.78 is 51.0. The molecule has 1 aromatic rings. The van der Waals surface area contributed by atoms with E-state index in [0.29, 0.717) is 18.4 Å². The van der Waals surface area contributed by atoms with Gasteiger partial charge in [0, 0.05) is 49.0 Å². The molecule has 1 aromatic heterocycles. The van der Waals surface area contributed by atoms with Crippen molar-refractivity contribution >= 4 is 23.9 Å². The summed E-state index contributed by atoms with van der Waals surface area (Å²) in [6, 6.07) is 1.75. The first-order valence-corrected chi connectivity index (χ1v) is 16.2. The zero-order valence-electron chi connectivity index (χ0n) is 26.4. The SMILES string of the molecule is CCC(=O)O[C@@H]1[C@@]2(O)[C@@H](OC(C)=O)[C@]3(C)C[C@@]24OC2(C)O[C@]15[C@@H]1CC(=O)O[C@@H](c6ccoc6)[C@]1(C)CC[C@]5(O2)[C@@]41COC(=O)C[C@@H]31. The Morgan fingerprint density at radius 2 is 1.70 bits per heavy atom. The van der Waals surface area contributed by atoms with Gasteiger partial charge < -0.3 is 42.7 Å². The summed E-state index contributed by atoms with van der Waals surface area (Å²) >= 11 is 0. The second-order valence-corrected chi connectivity index (χ2v) is 15.4. The molecule has 4 aliphatic carbocycles. The molecule has 0 amide bonds. The predicted octanol–water partition coefficient (Wildman–Crippen LogP) is 2.62. The quantitative estimate of drug-likeness (QED) is 0.377. The Bertz CT molecular complexity index is 1610. The summed E-state index contributed by atoms with van der Waals surface area (Å²) in [5.74, 6) is -5.26. The lowest BCUT2D eigenvalue weighted by Gasteiger charge is -2.77. The summed E-state index contributed by atoms with van der Waals surface area (Å²) in [5, 5.41) is 13.6. The normalized spacial score (nSPS) is 55.1. The van der Waals surface area contributed by atoms with E-state index in [0.717, 1.165) is 0 Å². The number of esters is 4. The number of rotatable bonds is 4. The molecular formula is C33H38O13. The highest BCUT2D eigenvalue weighted by atomic mass is 16.9. The van der Waals surface area contributed by atoms with Gasteiger partial charge in [-0.3, -0.25) is 19.2 Å². The summed E-state index contributed by atoms with van der Waals surface area (Å²) in [7, 11) is 0. The fourth-order valence-electron chi connectivity index (χ4n) is 12.6. The van der Waals surface area contributed by atoms with Crippen LogP contribution in [-0.4, -0.2) is 76.2 Å². The fraction of sp³-hybridized carbons (Fsp3) is 0.758. The van der Waals surface area contributed by atoms with E-state index in [9.17, 15) is 24.3 Å². The van der Waals surface area contributed by atoms with Crippen LogP contribution >= 0.6 is 0 Å². The van der Waals surface area contributed by atoms with Gasteiger partial charge in [0.05, 0.1) is 24.4 Å². The molecule has 1 unspecified atom stereocenters. The first-order chi connectivity index (χ1) is 21.6. The molecule has 0 aromatic carbocycles. The Balaban J connectivity index is 1.38. The van der Waals surface area contributed by atoms with Crippen molar-refractivity contribution in [1.29, 1.82) is 0 Å². The van der Waals surface area contributed by atoms with Gasteiger partial charge in [-0.2, -0.15) is 0 Å². The lowest BCUT2D eigenvalue weighted by Crippen LogP contribution is -2.95. The third kappa shape index (κ3) is 2.66. The number of hydrogen-bond donors (Lipinski definition) is 1. The van der Waals surface area contributed by atoms with E-state index in [2.05, 4.69) is 0 Å². The van der Waals surface area contributed by atoms with E-state index in [4.69, 9.17) is 37.6 Å². The molecule has 4 saturated carbocycles. The maximum absolute atomic E-state index is 13.7. The van der Waals surface area contributed by atoms with Crippen molar-refractivity contribution in [2.75, 3.05) is 6.61 Å². The van der Waals surface area contributed by atoms with Gasteiger partial charge in [0.15, 0.2) is 11.7 Å². The first-order valence-electron chi connectivity index (χ1n) is 16.2. The minimum absolute atomic E-state index is 0.0237. The molecule has 8 fully saturated rings. The van der Waals surface area contributed by atoms with Crippen LogP contribution in [0, 0.1) is 28.1 Å². The highest BCUT2D eigenvalue weighted by Crippen LogP contribution is 2.90. The van der Waals surface area contributed by atoms with Crippen LogP contribution in [0.25, 0.3) is 0 Å². The number of fused-ring (bicyclic) bond motifs is 4. The van der Waals surface area contributed by atoms with Crippen molar-refractivity contribution in [3.8, 4) is 0 Å². The Labute approximate surface area is 264 Å². The van der Waals surface area contributed by atoms with Gasteiger partial charge in [-0.25, -0.2) is 0 Å². The van der Waals surface area contributed by atoms with Gasteiger partial charge in [0.2, 0.25) is 0 Å². The van der Waals surface area contributed by atoms with Gasteiger partial charge in [-0.15, -0.1) is 0 Å². The zero-order chi connectivity index (χ0) is 32.5. The van der Waals surface area contributed by atoms with Crippen LogP contribution in [0.2, 0.25) is 0 Å². The molecule has 5 heterocycles. The van der Waals surface area contributed by atoms with Gasteiger partial charge in [0.25, 0.3) is 5.97 Å². The number of carbonyl (C=O) groups excluding carboxylic acids is 4. The topological polar surface area (TPSA) is 166 Å². The third-order valence-electron chi connectivity index (χ3n) is 13.6. The molecular weight excluding hydrogens is 604 g/mol. The number of ether oxygens (including phenoxy) is 7. The smallest absolute Gasteiger partial charge is 0.306 e. The molecule has 4 aliphatic heterocycles. The lowest BCUT2D eigenvalue weighted by molar-refractivity contribution is -0.486. The van der Waals surface area contributed by atoms with Crippen molar-refractivity contribution in [3.05, 3.63) is 24.2 Å². The summed E-state index contributed by atoms with van der Waals surface area (Å²) in [4.78, 5) is 53.1. The highest BCUT2D eigenvalue weighted by Gasteiger charge is 3.05. The van der Waals surface area contributed by atoms with Crippen LogP contribution in [0.15, 0.2) is 23.0 Å². The van der Waals surface area contributed by atoms with Crippen LogP contribution in [0.5, 0.6) is 0 Å². The van der Waals surface area contributed by atoms with E-state index in [-0.39, 0.29) is 32.3 Å². The standard InChI is InChI=1S/C33H38O13/c1-6-20(35)43-25-32(38)24(41-16(2)34)27(4)14-31(32)29(15-40-21(36)11-18(27)29)30-9-8-26(3)19(33(25,30)46-28(5,44-30)45-31)12-22(37)42-23(26)17-7-10-39-13-17/h7,10,13,18-19,23-25,38H,6,8-9,11-12,14-15H2,1-5H3/t18-,19+,23-,24-,25+,26+,27+,28?,29-,30-,31-,32-,33+/m0/s1. The monoisotopic (exact) mass is 642 g/mol. The summed E-state index contributed by atoms with van der Waals surface area (Å²) in [6.45, 7) is 8.27. The van der Waals surface area contributed by atoms with Crippen LogP contribution in [0.1, 0.15) is 84.8 Å². The Kier molecular flexibility index (Phi) is 5.18. The first kappa shape index (κ1) is 29.2. The molecule has 9 rings (SSSR count). The van der Waals surface area contributed by atoms with E-state index >= 15 is 0 Å². The van der Waals surface area contributed by atoms with Crippen LogP contribution in [-0.2, 0) is 52.3 Å². The van der Waals surface area contributed by atoms with Crippen LogP contribution < -0.4 is 0 Å². The van der Waals surface area contributed by atoms with Gasteiger partial charge in [-0.05, 0) is 31.2 Å². The van der Waals surface area contributed by atoms with E-state index in [1.165, 1.54) is 19.5 Å². The van der Waals surface area contributed by atoms with Crippen LogP contribution in [0.4, 0.5) is 0 Å². The van der Waals surface area contributed by atoms with Crippen LogP contribution in [0.3, 0.4) is 0 Å². The average Bonchev–Trinajstić information content (AvgIpc) is 3.69. The number of furan rings is 1. The Morgan fingerprint density at radius 3 is 2.39 bits per heavy atom. The molecule has 4 saturated heterocycles. The van der Waals surface area contributed by atoms with E-state index in [1.54, 1.807) is 19.9 Å².